The highest BCUT2D eigenvalue weighted by molar-refractivity contribution is 7.90. The van der Waals surface area contributed by atoms with E-state index in [0.29, 0.717) is 48.7 Å². The molecule has 3 aliphatic rings. The first-order valence-corrected chi connectivity index (χ1v) is 22.3. The lowest BCUT2D eigenvalue weighted by molar-refractivity contribution is -0.384. The molecule has 2 fully saturated rings. The number of H-pyrrole nitrogens is 1. The van der Waals surface area contributed by atoms with Gasteiger partial charge in [-0.3, -0.25) is 29.6 Å². The zero-order valence-corrected chi connectivity index (χ0v) is 36.7. The van der Waals surface area contributed by atoms with Crippen LogP contribution < -0.4 is 14.5 Å². The predicted molar refractivity (Wildman–Crippen MR) is 243 cm³/mol. The molecule has 324 valence electrons. The molecule has 0 saturated carbocycles. The number of fused-ring (bicyclic) bond motifs is 2. The number of halogens is 2. The molecule has 2 aliphatic heterocycles. The van der Waals surface area contributed by atoms with Crippen molar-refractivity contribution in [3.8, 4) is 5.69 Å². The van der Waals surface area contributed by atoms with Crippen molar-refractivity contribution >= 4 is 84.6 Å². The summed E-state index contributed by atoms with van der Waals surface area (Å²) in [5.74, 6) is -0.897. The summed E-state index contributed by atoms with van der Waals surface area (Å²) in [4.78, 5) is 40.8. The third-order valence-corrected chi connectivity index (χ3v) is 13.7. The van der Waals surface area contributed by atoms with E-state index < -0.39 is 25.7 Å². The molecule has 6 aromatic rings. The third kappa shape index (κ3) is 8.75. The number of rotatable bonds is 10. The molecule has 3 aromatic carbocycles. The molecule has 1 amide bonds. The summed E-state index contributed by atoms with van der Waals surface area (Å²) in [6.45, 7) is 10.4. The van der Waals surface area contributed by atoms with Crippen LogP contribution in [0.15, 0.2) is 95.7 Å². The Hall–Kier alpha value is -5.52. The number of nitrogens with zero attached hydrogens (tertiary/aromatic N) is 7. The summed E-state index contributed by atoms with van der Waals surface area (Å²) in [6, 6.07) is 21.0. The van der Waals surface area contributed by atoms with E-state index in [1.807, 2.05) is 36.4 Å². The maximum absolute atomic E-state index is 14.2. The molecular weight excluding hydrogens is 854 g/mol. The van der Waals surface area contributed by atoms with Crippen LogP contribution in [0.5, 0.6) is 0 Å². The molecule has 5 heterocycles. The Bertz CT molecular complexity index is 2810. The second-order valence-corrected chi connectivity index (χ2v) is 18.8. The van der Waals surface area contributed by atoms with Crippen LogP contribution in [0, 0.1) is 15.5 Å². The normalized spacial score (nSPS) is 17.3. The fraction of sp³-hybridized carbons (Fsp3) is 0.341. The molecule has 0 atom stereocenters. The van der Waals surface area contributed by atoms with Crippen LogP contribution in [-0.2, 0) is 14.8 Å². The number of carbonyl (C=O) groups excluding carboxylic acids is 1. The number of morpholine rings is 1. The van der Waals surface area contributed by atoms with Crippen molar-refractivity contribution in [2.24, 2.45) is 5.41 Å². The van der Waals surface area contributed by atoms with Gasteiger partial charge in [-0.1, -0.05) is 43.2 Å². The number of sulfonamides is 1. The van der Waals surface area contributed by atoms with Gasteiger partial charge >= 0.3 is 0 Å². The molecule has 9 rings (SSSR count). The lowest BCUT2D eigenvalue weighted by Crippen LogP contribution is -2.47. The van der Waals surface area contributed by atoms with E-state index in [2.05, 4.69) is 55.6 Å². The molecule has 3 aromatic heterocycles. The zero-order valence-electron chi connectivity index (χ0n) is 34.3. The van der Waals surface area contributed by atoms with Crippen LogP contribution in [0.4, 0.5) is 17.1 Å². The minimum atomic E-state index is -4.55. The molecule has 0 radical (unpaired) electrons. The lowest BCUT2D eigenvalue weighted by Gasteiger charge is -2.39. The number of nitrogens with one attached hydrogen (secondary N) is 2. The number of carbonyl (C=O) groups is 1. The molecule has 62 heavy (non-hydrogen) atoms. The first kappa shape index (κ1) is 43.1. The molecule has 0 unspecified atom stereocenters. The van der Waals surface area contributed by atoms with E-state index >= 15 is 0 Å². The Balaban J connectivity index is 0.00000529. The number of piperazine rings is 1. The van der Waals surface area contributed by atoms with Gasteiger partial charge in [-0.25, -0.2) is 23.1 Å². The van der Waals surface area contributed by atoms with Crippen LogP contribution in [0.25, 0.3) is 33.3 Å². The highest BCUT2D eigenvalue weighted by Gasteiger charge is 2.31. The third-order valence-electron chi connectivity index (χ3n) is 12.1. The Kier molecular flexibility index (Phi) is 12.1. The number of nitro groups is 1. The first-order chi connectivity index (χ1) is 29.3. The Labute approximate surface area is 370 Å². The summed E-state index contributed by atoms with van der Waals surface area (Å²) >= 11 is 6.25. The van der Waals surface area contributed by atoms with Crippen molar-refractivity contribution in [2.75, 3.05) is 68.8 Å². The average molecular weight is 901 g/mol. The summed E-state index contributed by atoms with van der Waals surface area (Å²) in [5, 5.41) is 16.9. The van der Waals surface area contributed by atoms with E-state index in [1.54, 1.807) is 28.0 Å². The monoisotopic (exact) mass is 899 g/mol. The van der Waals surface area contributed by atoms with Gasteiger partial charge in [-0.05, 0) is 90.4 Å². The minimum absolute atomic E-state index is 0. The van der Waals surface area contributed by atoms with Crippen LogP contribution >= 0.6 is 24.0 Å². The molecule has 18 heteroatoms. The number of pyridine rings is 1. The van der Waals surface area contributed by atoms with Gasteiger partial charge in [0.1, 0.15) is 11.2 Å². The molecule has 2 N–H and O–H groups in total. The van der Waals surface area contributed by atoms with Crippen molar-refractivity contribution in [2.45, 2.75) is 38.0 Å². The number of nitro benzene ring substituents is 1. The Morgan fingerprint density at radius 1 is 0.952 bits per heavy atom. The molecule has 1 aliphatic carbocycles. The molecule has 2 saturated heterocycles. The van der Waals surface area contributed by atoms with Gasteiger partial charge in [0, 0.05) is 80.4 Å². The van der Waals surface area contributed by atoms with E-state index in [9.17, 15) is 23.3 Å². The minimum Gasteiger partial charge on any atom is -0.378 e. The predicted octanol–water partition coefficient (Wildman–Crippen LogP) is 7.63. The number of benzene rings is 3. The van der Waals surface area contributed by atoms with Crippen LogP contribution in [0.3, 0.4) is 0 Å². The van der Waals surface area contributed by atoms with Crippen LogP contribution in [0.2, 0.25) is 5.02 Å². The second-order valence-electron chi connectivity index (χ2n) is 16.7. The van der Waals surface area contributed by atoms with Crippen molar-refractivity contribution in [1.29, 1.82) is 0 Å². The van der Waals surface area contributed by atoms with Gasteiger partial charge in [0.15, 0.2) is 5.65 Å². The molecule has 15 nitrogen and oxygen atoms in total. The Morgan fingerprint density at radius 2 is 1.71 bits per heavy atom. The molecule has 0 bridgehead atoms. The zero-order chi connectivity index (χ0) is 42.5. The summed E-state index contributed by atoms with van der Waals surface area (Å²) in [6.07, 6.45) is 6.59. The fourth-order valence-electron chi connectivity index (χ4n) is 8.73. The number of ether oxygens (including phenoxy) is 1. The van der Waals surface area contributed by atoms with Gasteiger partial charge in [0.2, 0.25) is 0 Å². The smallest absolute Gasteiger partial charge is 0.293 e. The van der Waals surface area contributed by atoms with Gasteiger partial charge in [-0.15, -0.1) is 12.4 Å². The van der Waals surface area contributed by atoms with Crippen molar-refractivity contribution < 1.29 is 22.9 Å². The highest BCUT2D eigenvalue weighted by atomic mass is 35.5. The lowest BCUT2D eigenvalue weighted by atomic mass is 9.72. The summed E-state index contributed by atoms with van der Waals surface area (Å²) < 4.78 is 36.9. The van der Waals surface area contributed by atoms with E-state index in [0.717, 1.165) is 74.1 Å². The number of anilines is 2. The Morgan fingerprint density at radius 3 is 2.45 bits per heavy atom. The van der Waals surface area contributed by atoms with Gasteiger partial charge in [-0.2, -0.15) is 0 Å². The van der Waals surface area contributed by atoms with Gasteiger partial charge < -0.3 is 14.5 Å². The van der Waals surface area contributed by atoms with Crippen LogP contribution in [-0.4, -0.2) is 103 Å². The highest BCUT2D eigenvalue weighted by Crippen LogP contribution is 2.43. The number of aromatic nitrogens is 4. The average Bonchev–Trinajstić information content (AvgIpc) is 3.90. The number of aromatic amines is 1. The van der Waals surface area contributed by atoms with Gasteiger partial charge in [0.25, 0.3) is 21.6 Å². The standard InChI is InChI=1S/C44H46ClN9O6S.ClH/c1-44(2)13-11-31(36(26-44)29-3-5-32(45)6-4-29)28-50-15-17-51(18-16-50)33-7-9-35(39(24-33)53-40-23-30-12-14-46-42(30)48-37(40)27-47-53)43(55)49-61(58,59)34-8-10-38(41(25-34)54(56)57)52-19-21-60-22-20-52;/h3-10,12,14,23-25,27,47H,11,13,15-22,26,28H2,1-2H3,(H,49,55);1H. The maximum Gasteiger partial charge on any atom is 0.293 e. The SMILES string of the molecule is CC1(C)CCC(CN2CCN(c3ccc(C(=O)NS(=O)(=O)c4ccc(N5CCOCC5)c([N+](=O)[O-])c4)c(-n4[nH]cc5nc6nccc6cc54)c3)CC2)=C(c2ccc(Cl)cc2)C1.Cl. The number of hydrogen-bond acceptors (Lipinski definition) is 11. The second kappa shape index (κ2) is 17.3. The molecular formula is C44H47Cl2N9O6S. The van der Waals surface area contributed by atoms with Crippen molar-refractivity contribution in [3.05, 3.63) is 117 Å². The van der Waals surface area contributed by atoms with Crippen LogP contribution in [0.1, 0.15) is 49.0 Å². The fourth-order valence-corrected chi connectivity index (χ4v) is 9.84. The van der Waals surface area contributed by atoms with E-state index in [-0.39, 0.29) is 34.8 Å². The van der Waals surface area contributed by atoms with E-state index in [1.165, 1.54) is 28.8 Å². The largest absolute Gasteiger partial charge is 0.378 e. The number of allylic oxidation sites excluding steroid dienone is 1. The van der Waals surface area contributed by atoms with Crippen molar-refractivity contribution in [1.82, 2.24) is 29.4 Å². The maximum atomic E-state index is 14.2. The topological polar surface area (TPSA) is 172 Å². The summed E-state index contributed by atoms with van der Waals surface area (Å²) in [5.41, 5.74) is 7.44. The number of amides is 1. The van der Waals surface area contributed by atoms with E-state index in [4.69, 9.17) is 16.3 Å². The van der Waals surface area contributed by atoms with Gasteiger partial charge in [0.05, 0.1) is 39.8 Å². The quantitative estimate of drug-likeness (QED) is 0.102. The molecule has 0 spiro atoms. The van der Waals surface area contributed by atoms with Crippen molar-refractivity contribution in [3.63, 3.8) is 0 Å². The number of hydrogen-bond donors (Lipinski definition) is 2. The summed E-state index contributed by atoms with van der Waals surface area (Å²) in [7, 11) is -4.55. The first-order valence-electron chi connectivity index (χ1n) is 20.4.